The maximum atomic E-state index is 12.7. The van der Waals surface area contributed by atoms with Crippen LogP contribution in [0.4, 0.5) is 4.39 Å². The smallest absolute Gasteiger partial charge is 0.123 e. The Bertz CT molecular complexity index is 455. The van der Waals surface area contributed by atoms with Gasteiger partial charge in [-0.1, -0.05) is 18.2 Å². The van der Waals surface area contributed by atoms with Crippen LogP contribution in [0.5, 0.6) is 0 Å². The highest BCUT2D eigenvalue weighted by atomic mass is 19.1. The number of aryl methyl sites for hydroxylation is 1. The molecule has 1 atom stereocenters. The van der Waals surface area contributed by atoms with Crippen LogP contribution in [0.2, 0.25) is 0 Å². The fourth-order valence-corrected chi connectivity index (χ4v) is 1.68. The van der Waals surface area contributed by atoms with Gasteiger partial charge in [0.15, 0.2) is 0 Å². The Kier molecular flexibility index (Phi) is 3.83. The molecule has 0 aliphatic rings. The van der Waals surface area contributed by atoms with Crippen LogP contribution >= 0.6 is 0 Å². The Hall–Kier alpha value is -1.74. The summed E-state index contributed by atoms with van der Waals surface area (Å²) in [5.74, 6) is -0.237. The quantitative estimate of drug-likeness (QED) is 0.877. The summed E-state index contributed by atoms with van der Waals surface area (Å²) in [6.45, 7) is 0. The SMILES string of the molecule is OC(CCc1ccc(F)cc1)c1ccccn1. The zero-order valence-electron chi connectivity index (χ0n) is 9.38. The van der Waals surface area contributed by atoms with E-state index in [1.807, 2.05) is 12.1 Å². The molecule has 1 N–H and O–H groups in total. The molecule has 0 spiro atoms. The average Bonchev–Trinajstić information content (AvgIpc) is 2.39. The van der Waals surface area contributed by atoms with Crippen LogP contribution in [0.3, 0.4) is 0 Å². The number of benzene rings is 1. The molecule has 0 bridgehead atoms. The predicted octanol–water partition coefficient (Wildman–Crippen LogP) is 2.89. The van der Waals surface area contributed by atoms with Crippen molar-refractivity contribution in [3.63, 3.8) is 0 Å². The van der Waals surface area contributed by atoms with Crippen molar-refractivity contribution in [3.8, 4) is 0 Å². The van der Waals surface area contributed by atoms with E-state index in [2.05, 4.69) is 4.98 Å². The predicted molar refractivity (Wildman–Crippen MR) is 63.9 cm³/mol. The third kappa shape index (κ3) is 3.36. The van der Waals surface area contributed by atoms with Crippen LogP contribution in [0.1, 0.15) is 23.8 Å². The summed E-state index contributed by atoms with van der Waals surface area (Å²) in [5.41, 5.74) is 1.69. The molecular weight excluding hydrogens is 217 g/mol. The third-order valence-corrected chi connectivity index (χ3v) is 2.65. The second-order valence-corrected chi connectivity index (χ2v) is 3.94. The molecule has 0 saturated carbocycles. The van der Waals surface area contributed by atoms with E-state index in [0.29, 0.717) is 18.5 Å². The van der Waals surface area contributed by atoms with Gasteiger partial charge in [-0.3, -0.25) is 4.98 Å². The Morgan fingerprint density at radius 2 is 1.88 bits per heavy atom. The summed E-state index contributed by atoms with van der Waals surface area (Å²) in [5, 5.41) is 9.90. The van der Waals surface area contributed by atoms with Crippen molar-refractivity contribution >= 4 is 0 Å². The molecule has 2 rings (SSSR count). The van der Waals surface area contributed by atoms with Crippen LogP contribution in [0, 0.1) is 5.82 Å². The van der Waals surface area contributed by atoms with Gasteiger partial charge in [-0.25, -0.2) is 4.39 Å². The first-order valence-electron chi connectivity index (χ1n) is 5.59. The van der Waals surface area contributed by atoms with E-state index in [1.54, 1.807) is 24.4 Å². The van der Waals surface area contributed by atoms with Crippen molar-refractivity contribution in [1.29, 1.82) is 0 Å². The van der Waals surface area contributed by atoms with E-state index >= 15 is 0 Å². The number of rotatable bonds is 4. The maximum Gasteiger partial charge on any atom is 0.123 e. The molecule has 2 nitrogen and oxygen atoms in total. The van der Waals surface area contributed by atoms with Crippen molar-refractivity contribution in [2.75, 3.05) is 0 Å². The number of hydrogen-bond donors (Lipinski definition) is 1. The fourth-order valence-electron chi connectivity index (χ4n) is 1.68. The van der Waals surface area contributed by atoms with Crippen molar-refractivity contribution < 1.29 is 9.50 Å². The van der Waals surface area contributed by atoms with Crippen LogP contribution in [0.15, 0.2) is 48.7 Å². The first-order chi connectivity index (χ1) is 8.25. The minimum atomic E-state index is -0.568. The fraction of sp³-hybridized carbons (Fsp3) is 0.214. The molecule has 17 heavy (non-hydrogen) atoms. The van der Waals surface area contributed by atoms with Gasteiger partial charge in [0.25, 0.3) is 0 Å². The van der Waals surface area contributed by atoms with Crippen molar-refractivity contribution in [1.82, 2.24) is 4.98 Å². The second-order valence-electron chi connectivity index (χ2n) is 3.94. The average molecular weight is 231 g/mol. The molecule has 0 amide bonds. The lowest BCUT2D eigenvalue weighted by molar-refractivity contribution is 0.163. The highest BCUT2D eigenvalue weighted by Gasteiger charge is 2.08. The van der Waals surface area contributed by atoms with Gasteiger partial charge in [0.1, 0.15) is 5.82 Å². The molecule has 1 aromatic carbocycles. The van der Waals surface area contributed by atoms with E-state index in [9.17, 15) is 9.50 Å². The van der Waals surface area contributed by atoms with Gasteiger partial charge in [0, 0.05) is 6.20 Å². The van der Waals surface area contributed by atoms with E-state index in [4.69, 9.17) is 0 Å². The summed E-state index contributed by atoms with van der Waals surface area (Å²) in [7, 11) is 0. The molecule has 88 valence electrons. The number of aliphatic hydroxyl groups is 1. The number of nitrogens with zero attached hydrogens (tertiary/aromatic N) is 1. The van der Waals surface area contributed by atoms with E-state index in [0.717, 1.165) is 5.56 Å². The zero-order valence-corrected chi connectivity index (χ0v) is 9.38. The van der Waals surface area contributed by atoms with Crippen LogP contribution < -0.4 is 0 Å². The Labute approximate surface area is 99.8 Å². The molecule has 0 saturated heterocycles. The molecule has 3 heteroatoms. The molecule has 0 aliphatic heterocycles. The largest absolute Gasteiger partial charge is 0.387 e. The maximum absolute atomic E-state index is 12.7. The van der Waals surface area contributed by atoms with E-state index in [-0.39, 0.29) is 5.82 Å². The Morgan fingerprint density at radius 3 is 2.53 bits per heavy atom. The first kappa shape index (κ1) is 11.7. The highest BCUT2D eigenvalue weighted by molar-refractivity contribution is 5.16. The molecule has 1 aromatic heterocycles. The molecule has 1 heterocycles. The molecule has 1 unspecified atom stereocenters. The minimum Gasteiger partial charge on any atom is -0.387 e. The standard InChI is InChI=1S/C14H14FNO/c15-12-7-4-11(5-8-12)6-9-14(17)13-3-1-2-10-16-13/h1-5,7-8,10,14,17H,6,9H2. The number of hydrogen-bond acceptors (Lipinski definition) is 2. The second kappa shape index (κ2) is 5.55. The topological polar surface area (TPSA) is 33.1 Å². The molecule has 0 radical (unpaired) electrons. The normalized spacial score (nSPS) is 12.4. The van der Waals surface area contributed by atoms with Crippen molar-refractivity contribution in [3.05, 3.63) is 65.7 Å². The molecular formula is C14H14FNO. The van der Waals surface area contributed by atoms with Gasteiger partial charge in [0.2, 0.25) is 0 Å². The number of pyridine rings is 1. The van der Waals surface area contributed by atoms with Gasteiger partial charge < -0.3 is 5.11 Å². The molecule has 2 aromatic rings. The lowest BCUT2D eigenvalue weighted by atomic mass is 10.0. The summed E-state index contributed by atoms with van der Waals surface area (Å²) in [6.07, 6.45) is 2.39. The third-order valence-electron chi connectivity index (χ3n) is 2.65. The van der Waals surface area contributed by atoms with E-state index in [1.165, 1.54) is 12.1 Å². The van der Waals surface area contributed by atoms with Crippen molar-refractivity contribution in [2.45, 2.75) is 18.9 Å². The minimum absolute atomic E-state index is 0.237. The highest BCUT2D eigenvalue weighted by Crippen LogP contribution is 2.16. The van der Waals surface area contributed by atoms with Crippen LogP contribution in [0.25, 0.3) is 0 Å². The first-order valence-corrected chi connectivity index (χ1v) is 5.59. The van der Waals surface area contributed by atoms with Crippen LogP contribution in [-0.2, 0) is 6.42 Å². The lowest BCUT2D eigenvalue weighted by Crippen LogP contribution is -2.01. The summed E-state index contributed by atoms with van der Waals surface area (Å²) >= 11 is 0. The molecule has 0 fully saturated rings. The number of aliphatic hydroxyl groups excluding tert-OH is 1. The van der Waals surface area contributed by atoms with Crippen molar-refractivity contribution in [2.24, 2.45) is 0 Å². The number of aromatic nitrogens is 1. The number of halogens is 1. The van der Waals surface area contributed by atoms with E-state index < -0.39 is 6.10 Å². The van der Waals surface area contributed by atoms with Crippen LogP contribution in [-0.4, -0.2) is 10.1 Å². The zero-order chi connectivity index (χ0) is 12.1. The summed E-state index contributed by atoms with van der Waals surface area (Å²) < 4.78 is 12.7. The monoisotopic (exact) mass is 231 g/mol. The Balaban J connectivity index is 1.92. The van der Waals surface area contributed by atoms with Gasteiger partial charge in [-0.15, -0.1) is 0 Å². The van der Waals surface area contributed by atoms with Gasteiger partial charge in [-0.2, -0.15) is 0 Å². The molecule has 0 aliphatic carbocycles. The summed E-state index contributed by atoms with van der Waals surface area (Å²) in [6, 6.07) is 11.8. The van der Waals surface area contributed by atoms with Gasteiger partial charge >= 0.3 is 0 Å². The Morgan fingerprint density at radius 1 is 1.12 bits per heavy atom. The lowest BCUT2D eigenvalue weighted by Gasteiger charge is -2.09. The van der Waals surface area contributed by atoms with Gasteiger partial charge in [0.05, 0.1) is 11.8 Å². The summed E-state index contributed by atoms with van der Waals surface area (Å²) in [4.78, 5) is 4.10. The van der Waals surface area contributed by atoms with Gasteiger partial charge in [-0.05, 0) is 42.7 Å².